The summed E-state index contributed by atoms with van der Waals surface area (Å²) in [4.78, 5) is 37.7. The van der Waals surface area contributed by atoms with E-state index in [0.29, 0.717) is 43.4 Å². The van der Waals surface area contributed by atoms with E-state index in [4.69, 9.17) is 5.73 Å². The van der Waals surface area contributed by atoms with Gasteiger partial charge in [0.15, 0.2) is 5.60 Å². The molecule has 2 atom stereocenters. The predicted molar refractivity (Wildman–Crippen MR) is 124 cm³/mol. The van der Waals surface area contributed by atoms with Gasteiger partial charge in [-0.3, -0.25) is 9.59 Å². The largest absolute Gasteiger partial charge is 0.374 e. The fraction of sp³-hybridized carbons (Fsp3) is 0.348. The first-order chi connectivity index (χ1) is 16.4. The number of amides is 2. The molecule has 1 unspecified atom stereocenters. The highest BCUT2D eigenvalue weighted by Gasteiger charge is 2.41. The molecule has 1 fully saturated rings. The Balaban J connectivity index is 1.31. The average molecular weight is 463 g/mol. The first kappa shape index (κ1) is 22.0. The van der Waals surface area contributed by atoms with Crippen LogP contribution < -0.4 is 16.0 Å². The maximum atomic E-state index is 13.4. The fourth-order valence-corrected chi connectivity index (χ4v) is 4.52. The number of hydrogen-bond donors (Lipinski definition) is 3. The summed E-state index contributed by atoms with van der Waals surface area (Å²) in [6.45, 7) is 3.39. The maximum Gasteiger partial charge on any atom is 0.260 e. The smallest absolute Gasteiger partial charge is 0.260 e. The lowest BCUT2D eigenvalue weighted by Gasteiger charge is -2.39. The molecule has 2 amide bonds. The number of carbonyl (C=O) groups excluding carboxylic acids is 2. The molecule has 0 spiro atoms. The summed E-state index contributed by atoms with van der Waals surface area (Å²) in [7, 11) is 0. The molecule has 0 aliphatic carbocycles. The number of hydrogen-bond acceptors (Lipinski definition) is 8. The van der Waals surface area contributed by atoms with Crippen LogP contribution in [0.3, 0.4) is 0 Å². The van der Waals surface area contributed by atoms with Gasteiger partial charge in [-0.2, -0.15) is 5.10 Å². The predicted octanol–water partition coefficient (Wildman–Crippen LogP) is 0.213. The SMILES string of the molecule is CC1C(=O)Nc2ncnc(N3CCN(C(=O)[C@](O)(CN)c4ccc(-n5cccn5)cc4)CC3)c21. The highest BCUT2D eigenvalue weighted by atomic mass is 16.3. The molecule has 34 heavy (non-hydrogen) atoms. The first-order valence-electron chi connectivity index (χ1n) is 11.2. The standard InChI is InChI=1S/C23H26N8O3/c1-15-18-19(28-21(15)32)25-14-26-20(18)29-9-11-30(12-10-29)22(33)23(34,13-24)16-3-5-17(6-4-16)31-8-2-7-27-31/h2-8,14-15,34H,9-13,24H2,1H3,(H,25,26,28,32)/t15?,23-/m0/s1. The molecule has 176 valence electrons. The number of aromatic nitrogens is 4. The van der Waals surface area contributed by atoms with Crippen LogP contribution in [0.15, 0.2) is 49.1 Å². The minimum atomic E-state index is -1.83. The number of rotatable bonds is 5. The van der Waals surface area contributed by atoms with Gasteiger partial charge in [0.1, 0.15) is 18.0 Å². The Morgan fingerprint density at radius 1 is 1.21 bits per heavy atom. The van der Waals surface area contributed by atoms with E-state index in [9.17, 15) is 14.7 Å². The van der Waals surface area contributed by atoms with Crippen LogP contribution in [-0.2, 0) is 15.2 Å². The minimum absolute atomic E-state index is 0.0999. The number of aliphatic hydroxyl groups is 1. The van der Waals surface area contributed by atoms with Crippen LogP contribution in [0.25, 0.3) is 5.69 Å². The van der Waals surface area contributed by atoms with E-state index in [-0.39, 0.29) is 18.4 Å². The molecule has 5 rings (SSSR count). The van der Waals surface area contributed by atoms with Crippen molar-refractivity contribution < 1.29 is 14.7 Å². The van der Waals surface area contributed by atoms with E-state index in [2.05, 4.69) is 20.4 Å². The summed E-state index contributed by atoms with van der Waals surface area (Å²) in [5, 5.41) is 18.3. The summed E-state index contributed by atoms with van der Waals surface area (Å²) < 4.78 is 1.69. The van der Waals surface area contributed by atoms with Crippen LogP contribution in [0.2, 0.25) is 0 Å². The molecule has 11 nitrogen and oxygen atoms in total. The van der Waals surface area contributed by atoms with Crippen molar-refractivity contribution in [3.05, 3.63) is 60.2 Å². The number of fused-ring (bicyclic) bond motifs is 1. The van der Waals surface area contributed by atoms with Crippen molar-refractivity contribution in [2.24, 2.45) is 5.73 Å². The highest BCUT2D eigenvalue weighted by Crippen LogP contribution is 2.37. The molecular weight excluding hydrogens is 436 g/mol. The molecule has 2 aliphatic rings. The van der Waals surface area contributed by atoms with E-state index in [0.717, 1.165) is 11.3 Å². The lowest BCUT2D eigenvalue weighted by Crippen LogP contribution is -2.57. The number of nitrogens with two attached hydrogens (primary N) is 1. The van der Waals surface area contributed by atoms with Gasteiger partial charge in [-0.25, -0.2) is 14.6 Å². The van der Waals surface area contributed by atoms with Crippen molar-refractivity contribution in [3.63, 3.8) is 0 Å². The van der Waals surface area contributed by atoms with Crippen molar-refractivity contribution in [2.45, 2.75) is 18.4 Å². The van der Waals surface area contributed by atoms with Gasteiger partial charge in [-0.1, -0.05) is 12.1 Å². The summed E-state index contributed by atoms with van der Waals surface area (Å²) in [6, 6.07) is 8.81. The molecule has 0 bridgehead atoms. The molecule has 2 aromatic heterocycles. The summed E-state index contributed by atoms with van der Waals surface area (Å²) in [5.41, 5.74) is 6.11. The second-order valence-electron chi connectivity index (χ2n) is 8.51. The third-order valence-electron chi connectivity index (χ3n) is 6.56. The van der Waals surface area contributed by atoms with Crippen molar-refractivity contribution in [1.82, 2.24) is 24.6 Å². The Bertz CT molecular complexity index is 1210. The second kappa shape index (κ2) is 8.50. The quantitative estimate of drug-likeness (QED) is 0.489. The zero-order valence-corrected chi connectivity index (χ0v) is 18.8. The van der Waals surface area contributed by atoms with Crippen LogP contribution in [0.4, 0.5) is 11.6 Å². The number of benzene rings is 1. The number of nitrogens with one attached hydrogen (secondary N) is 1. The van der Waals surface area contributed by atoms with Crippen molar-refractivity contribution >= 4 is 23.5 Å². The van der Waals surface area contributed by atoms with Crippen LogP contribution in [-0.4, -0.2) is 74.3 Å². The van der Waals surface area contributed by atoms with Gasteiger partial charge in [0.25, 0.3) is 5.91 Å². The summed E-state index contributed by atoms with van der Waals surface area (Å²) >= 11 is 0. The van der Waals surface area contributed by atoms with Gasteiger partial charge >= 0.3 is 0 Å². The molecular formula is C23H26N8O3. The Morgan fingerprint density at radius 2 is 1.94 bits per heavy atom. The van der Waals surface area contributed by atoms with Crippen LogP contribution >= 0.6 is 0 Å². The topological polar surface area (TPSA) is 142 Å². The summed E-state index contributed by atoms with van der Waals surface area (Å²) in [6.07, 6.45) is 4.93. The lowest BCUT2D eigenvalue weighted by molar-refractivity contribution is -0.151. The zero-order chi connectivity index (χ0) is 23.9. The maximum absolute atomic E-state index is 13.4. The Labute approximate surface area is 196 Å². The molecule has 0 saturated carbocycles. The monoisotopic (exact) mass is 462 g/mol. The molecule has 1 saturated heterocycles. The van der Waals surface area contributed by atoms with Gasteiger partial charge in [0, 0.05) is 50.7 Å². The second-order valence-corrected chi connectivity index (χ2v) is 8.51. The third kappa shape index (κ3) is 3.58. The Hall–Kier alpha value is -3.83. The van der Waals surface area contributed by atoms with Crippen molar-refractivity contribution in [1.29, 1.82) is 0 Å². The number of piperazine rings is 1. The molecule has 0 radical (unpaired) electrons. The zero-order valence-electron chi connectivity index (χ0n) is 18.8. The average Bonchev–Trinajstić information content (AvgIpc) is 3.52. The van der Waals surface area contributed by atoms with E-state index < -0.39 is 11.5 Å². The van der Waals surface area contributed by atoms with Crippen LogP contribution in [0, 0.1) is 0 Å². The van der Waals surface area contributed by atoms with Gasteiger partial charge in [-0.15, -0.1) is 0 Å². The van der Waals surface area contributed by atoms with E-state index in [1.54, 1.807) is 40.0 Å². The first-order valence-corrected chi connectivity index (χ1v) is 11.2. The van der Waals surface area contributed by atoms with Crippen LogP contribution in [0.1, 0.15) is 24.0 Å². The van der Waals surface area contributed by atoms with Gasteiger partial charge in [0.2, 0.25) is 5.91 Å². The molecule has 3 aromatic rings. The molecule has 1 aromatic carbocycles. The minimum Gasteiger partial charge on any atom is -0.374 e. The molecule has 11 heteroatoms. The van der Waals surface area contributed by atoms with E-state index in [1.165, 1.54) is 6.33 Å². The van der Waals surface area contributed by atoms with Gasteiger partial charge in [-0.05, 0) is 30.7 Å². The number of nitrogens with zero attached hydrogens (tertiary/aromatic N) is 6. The Kier molecular flexibility index (Phi) is 5.50. The Morgan fingerprint density at radius 3 is 2.59 bits per heavy atom. The van der Waals surface area contributed by atoms with Crippen molar-refractivity contribution in [3.8, 4) is 5.69 Å². The third-order valence-corrected chi connectivity index (χ3v) is 6.56. The highest BCUT2D eigenvalue weighted by molar-refractivity contribution is 6.03. The van der Waals surface area contributed by atoms with E-state index in [1.807, 2.05) is 24.1 Å². The van der Waals surface area contributed by atoms with Crippen LogP contribution in [0.5, 0.6) is 0 Å². The molecule has 4 N–H and O–H groups in total. The van der Waals surface area contributed by atoms with Crippen molar-refractivity contribution in [2.75, 3.05) is 42.9 Å². The number of anilines is 2. The molecule has 2 aliphatic heterocycles. The van der Waals surface area contributed by atoms with E-state index >= 15 is 0 Å². The van der Waals surface area contributed by atoms with Gasteiger partial charge < -0.3 is 26.0 Å². The normalized spacial score (nSPS) is 19.5. The number of carbonyl (C=O) groups is 2. The fourth-order valence-electron chi connectivity index (χ4n) is 4.52. The summed E-state index contributed by atoms with van der Waals surface area (Å²) in [5.74, 6) is 0.373. The lowest BCUT2D eigenvalue weighted by atomic mass is 9.91. The van der Waals surface area contributed by atoms with Gasteiger partial charge in [0.05, 0.1) is 11.6 Å². The molecule has 4 heterocycles.